The van der Waals surface area contributed by atoms with Crippen molar-refractivity contribution >= 4 is 21.6 Å². The maximum atomic E-state index is 9.96. The summed E-state index contributed by atoms with van der Waals surface area (Å²) in [4.78, 5) is 0. The lowest BCUT2D eigenvalue weighted by Gasteiger charge is -2.15. The molecule has 0 spiro atoms. The van der Waals surface area contributed by atoms with E-state index in [-0.39, 0.29) is 6.61 Å². The molecule has 112 valence electrons. The Kier molecular flexibility index (Phi) is 5.90. The predicted octanol–water partition coefficient (Wildman–Crippen LogP) is 3.31. The first-order valence-electron chi connectivity index (χ1n) is 6.62. The lowest BCUT2D eigenvalue weighted by Crippen LogP contribution is -2.26. The number of methoxy groups -OCH3 is 1. The van der Waals surface area contributed by atoms with Crippen LogP contribution in [0.2, 0.25) is 0 Å². The molecule has 0 saturated heterocycles. The first-order valence-corrected chi connectivity index (χ1v) is 7.41. The van der Waals surface area contributed by atoms with Gasteiger partial charge >= 0.3 is 0 Å². The third-order valence-corrected chi connectivity index (χ3v) is 3.58. The van der Waals surface area contributed by atoms with Crippen molar-refractivity contribution in [3.8, 4) is 11.5 Å². The van der Waals surface area contributed by atoms with Gasteiger partial charge in [0.1, 0.15) is 24.2 Å². The Morgan fingerprint density at radius 1 is 1.14 bits per heavy atom. The highest BCUT2D eigenvalue weighted by Crippen LogP contribution is 2.27. The van der Waals surface area contributed by atoms with Gasteiger partial charge in [-0.3, -0.25) is 0 Å². The van der Waals surface area contributed by atoms with Crippen molar-refractivity contribution in [3.63, 3.8) is 0 Å². The molecule has 4 nitrogen and oxygen atoms in total. The standard InChI is InChI=1S/C16H18BrNO3/c1-20-14-7-8-15(17)16(9-14)18-10-12(19)11-21-13-5-3-2-4-6-13/h2-9,12,18-19H,10-11H2,1H3. The predicted molar refractivity (Wildman–Crippen MR) is 87.1 cm³/mol. The summed E-state index contributed by atoms with van der Waals surface area (Å²) in [5.74, 6) is 1.51. The normalized spacial score (nSPS) is 11.8. The summed E-state index contributed by atoms with van der Waals surface area (Å²) < 4.78 is 11.6. The van der Waals surface area contributed by atoms with Crippen LogP contribution in [0.15, 0.2) is 53.0 Å². The molecule has 0 fully saturated rings. The Hall–Kier alpha value is -1.72. The van der Waals surface area contributed by atoms with Crippen LogP contribution in [0.1, 0.15) is 0 Å². The minimum atomic E-state index is -0.608. The molecule has 0 amide bonds. The Morgan fingerprint density at radius 2 is 1.90 bits per heavy atom. The highest BCUT2D eigenvalue weighted by molar-refractivity contribution is 9.10. The summed E-state index contributed by atoms with van der Waals surface area (Å²) >= 11 is 3.45. The van der Waals surface area contributed by atoms with E-state index in [1.54, 1.807) is 7.11 Å². The van der Waals surface area contributed by atoms with Crippen LogP contribution in [0.5, 0.6) is 11.5 Å². The number of aliphatic hydroxyl groups excluding tert-OH is 1. The number of halogens is 1. The molecule has 0 saturated carbocycles. The quantitative estimate of drug-likeness (QED) is 0.803. The highest BCUT2D eigenvalue weighted by Gasteiger charge is 2.07. The highest BCUT2D eigenvalue weighted by atomic mass is 79.9. The maximum Gasteiger partial charge on any atom is 0.121 e. The topological polar surface area (TPSA) is 50.7 Å². The summed E-state index contributed by atoms with van der Waals surface area (Å²) in [5, 5.41) is 13.1. The minimum absolute atomic E-state index is 0.235. The van der Waals surface area contributed by atoms with E-state index in [2.05, 4.69) is 21.2 Å². The molecule has 1 atom stereocenters. The van der Waals surface area contributed by atoms with Crippen molar-refractivity contribution in [2.24, 2.45) is 0 Å². The Morgan fingerprint density at radius 3 is 2.62 bits per heavy atom. The SMILES string of the molecule is COc1ccc(Br)c(NCC(O)COc2ccccc2)c1. The van der Waals surface area contributed by atoms with Gasteiger partial charge in [-0.1, -0.05) is 18.2 Å². The zero-order valence-corrected chi connectivity index (χ0v) is 13.3. The zero-order valence-electron chi connectivity index (χ0n) is 11.8. The average molecular weight is 352 g/mol. The van der Waals surface area contributed by atoms with Crippen LogP contribution in [-0.4, -0.2) is 31.5 Å². The summed E-state index contributed by atoms with van der Waals surface area (Å²) in [6, 6.07) is 15.1. The molecule has 21 heavy (non-hydrogen) atoms. The molecule has 0 aliphatic carbocycles. The largest absolute Gasteiger partial charge is 0.497 e. The van der Waals surface area contributed by atoms with Gasteiger partial charge in [0, 0.05) is 17.1 Å². The third-order valence-electron chi connectivity index (χ3n) is 2.89. The van der Waals surface area contributed by atoms with Gasteiger partial charge in [-0.15, -0.1) is 0 Å². The van der Waals surface area contributed by atoms with Gasteiger partial charge in [0.25, 0.3) is 0 Å². The number of anilines is 1. The Balaban J connectivity index is 1.82. The van der Waals surface area contributed by atoms with E-state index in [0.717, 1.165) is 21.7 Å². The maximum absolute atomic E-state index is 9.96. The molecule has 0 aliphatic heterocycles. The number of ether oxygens (including phenoxy) is 2. The van der Waals surface area contributed by atoms with Gasteiger partial charge in [-0.05, 0) is 40.2 Å². The van der Waals surface area contributed by atoms with E-state index in [0.29, 0.717) is 6.54 Å². The van der Waals surface area contributed by atoms with Crippen molar-refractivity contribution in [1.82, 2.24) is 0 Å². The summed E-state index contributed by atoms with van der Waals surface area (Å²) in [5.41, 5.74) is 0.869. The molecule has 0 aliphatic rings. The zero-order chi connectivity index (χ0) is 15.1. The first kappa shape index (κ1) is 15.7. The fourth-order valence-corrected chi connectivity index (χ4v) is 2.15. The molecular weight excluding hydrogens is 334 g/mol. The summed E-state index contributed by atoms with van der Waals surface area (Å²) in [6.07, 6.45) is -0.608. The number of aliphatic hydroxyl groups is 1. The average Bonchev–Trinajstić information content (AvgIpc) is 2.53. The monoisotopic (exact) mass is 351 g/mol. The van der Waals surface area contributed by atoms with Crippen molar-refractivity contribution < 1.29 is 14.6 Å². The molecule has 0 aromatic heterocycles. The minimum Gasteiger partial charge on any atom is -0.497 e. The van der Waals surface area contributed by atoms with Crippen molar-refractivity contribution in [1.29, 1.82) is 0 Å². The first-order chi connectivity index (χ1) is 10.2. The molecule has 1 unspecified atom stereocenters. The lowest BCUT2D eigenvalue weighted by atomic mass is 10.3. The molecular formula is C16H18BrNO3. The summed E-state index contributed by atoms with van der Waals surface area (Å²) in [6.45, 7) is 0.622. The summed E-state index contributed by atoms with van der Waals surface area (Å²) in [7, 11) is 1.62. The smallest absolute Gasteiger partial charge is 0.121 e. The van der Waals surface area contributed by atoms with Crippen molar-refractivity contribution in [2.75, 3.05) is 25.6 Å². The second kappa shape index (κ2) is 7.90. The number of benzene rings is 2. The second-order valence-electron chi connectivity index (χ2n) is 4.50. The molecule has 0 radical (unpaired) electrons. The van der Waals surface area contributed by atoms with Crippen LogP contribution >= 0.6 is 15.9 Å². The van der Waals surface area contributed by atoms with E-state index in [1.165, 1.54) is 0 Å². The fraction of sp³-hybridized carbons (Fsp3) is 0.250. The molecule has 2 rings (SSSR count). The van der Waals surface area contributed by atoms with E-state index in [9.17, 15) is 5.11 Å². The number of hydrogen-bond donors (Lipinski definition) is 2. The van der Waals surface area contributed by atoms with E-state index >= 15 is 0 Å². The van der Waals surface area contributed by atoms with E-state index in [1.807, 2.05) is 48.5 Å². The molecule has 0 bridgehead atoms. The fourth-order valence-electron chi connectivity index (χ4n) is 1.76. The van der Waals surface area contributed by atoms with Gasteiger partial charge < -0.3 is 19.9 Å². The van der Waals surface area contributed by atoms with Crippen LogP contribution < -0.4 is 14.8 Å². The number of para-hydroxylation sites is 1. The second-order valence-corrected chi connectivity index (χ2v) is 5.36. The van der Waals surface area contributed by atoms with E-state index < -0.39 is 6.10 Å². The number of nitrogens with one attached hydrogen (secondary N) is 1. The van der Waals surface area contributed by atoms with Crippen LogP contribution in [-0.2, 0) is 0 Å². The van der Waals surface area contributed by atoms with Gasteiger partial charge in [0.05, 0.1) is 12.8 Å². The molecule has 2 aromatic carbocycles. The van der Waals surface area contributed by atoms with Crippen LogP contribution in [0.4, 0.5) is 5.69 Å². The van der Waals surface area contributed by atoms with Gasteiger partial charge in [-0.2, -0.15) is 0 Å². The third kappa shape index (κ3) is 4.95. The van der Waals surface area contributed by atoms with Gasteiger partial charge in [-0.25, -0.2) is 0 Å². The Labute approximate surface area is 132 Å². The van der Waals surface area contributed by atoms with Gasteiger partial charge in [0.2, 0.25) is 0 Å². The van der Waals surface area contributed by atoms with Crippen LogP contribution in [0.25, 0.3) is 0 Å². The molecule has 5 heteroatoms. The van der Waals surface area contributed by atoms with Crippen molar-refractivity contribution in [3.05, 3.63) is 53.0 Å². The molecule has 0 heterocycles. The van der Waals surface area contributed by atoms with E-state index in [4.69, 9.17) is 9.47 Å². The Bertz CT molecular complexity index is 563. The van der Waals surface area contributed by atoms with Crippen LogP contribution in [0, 0.1) is 0 Å². The molecule has 2 aromatic rings. The number of hydrogen-bond acceptors (Lipinski definition) is 4. The number of rotatable bonds is 7. The van der Waals surface area contributed by atoms with Crippen molar-refractivity contribution in [2.45, 2.75) is 6.10 Å². The lowest BCUT2D eigenvalue weighted by molar-refractivity contribution is 0.117. The molecule has 2 N–H and O–H groups in total. The van der Waals surface area contributed by atoms with Crippen LogP contribution in [0.3, 0.4) is 0 Å². The van der Waals surface area contributed by atoms with Gasteiger partial charge in [0.15, 0.2) is 0 Å².